The zero-order valence-electron chi connectivity index (χ0n) is 11.8. The predicted molar refractivity (Wildman–Crippen MR) is 89.1 cm³/mol. The van der Waals surface area contributed by atoms with Gasteiger partial charge in [0.1, 0.15) is 5.15 Å². The summed E-state index contributed by atoms with van der Waals surface area (Å²) in [4.78, 5) is 9.00. The molecule has 2 aromatic carbocycles. The summed E-state index contributed by atoms with van der Waals surface area (Å²) in [5.41, 5.74) is 2.93. The number of benzene rings is 2. The van der Waals surface area contributed by atoms with Crippen molar-refractivity contribution in [3.8, 4) is 11.4 Å². The summed E-state index contributed by atoms with van der Waals surface area (Å²) >= 11 is 12.4. The highest BCUT2D eigenvalue weighted by Gasteiger charge is 2.10. The van der Waals surface area contributed by atoms with Crippen LogP contribution in [0.25, 0.3) is 22.3 Å². The first kappa shape index (κ1) is 14.3. The van der Waals surface area contributed by atoms with E-state index >= 15 is 0 Å². The van der Waals surface area contributed by atoms with Crippen LogP contribution in [-0.2, 0) is 0 Å². The van der Waals surface area contributed by atoms with E-state index in [-0.39, 0.29) is 0 Å². The Kier molecular flexibility index (Phi) is 3.83. The average Bonchev–Trinajstić information content (AvgIpc) is 2.46. The fraction of sp³-hybridized carbons (Fsp3) is 0.176. The Morgan fingerprint density at radius 3 is 2.48 bits per heavy atom. The summed E-state index contributed by atoms with van der Waals surface area (Å²) in [6.45, 7) is 4.30. The van der Waals surface area contributed by atoms with Gasteiger partial charge in [-0.2, -0.15) is 0 Å². The Morgan fingerprint density at radius 1 is 0.952 bits per heavy atom. The molecule has 0 saturated heterocycles. The second-order valence-corrected chi connectivity index (χ2v) is 6.07. The van der Waals surface area contributed by atoms with E-state index in [9.17, 15) is 0 Å². The van der Waals surface area contributed by atoms with E-state index in [1.165, 1.54) is 5.56 Å². The Hall–Kier alpha value is -1.64. The number of rotatable bonds is 2. The molecule has 0 fully saturated rings. The van der Waals surface area contributed by atoms with E-state index in [1.807, 2.05) is 30.3 Å². The molecule has 0 aliphatic carbocycles. The summed E-state index contributed by atoms with van der Waals surface area (Å²) in [7, 11) is 0. The lowest BCUT2D eigenvalue weighted by Gasteiger charge is -2.09. The van der Waals surface area contributed by atoms with Gasteiger partial charge in [0.2, 0.25) is 0 Å². The van der Waals surface area contributed by atoms with Crippen LogP contribution in [0.5, 0.6) is 0 Å². The SMILES string of the molecule is CC(C)c1ccc2nc(-c3cccc(Cl)c3)nc(Cl)c2c1. The number of aromatic nitrogens is 2. The molecule has 0 N–H and O–H groups in total. The van der Waals surface area contributed by atoms with Crippen LogP contribution in [0.1, 0.15) is 25.3 Å². The minimum absolute atomic E-state index is 0.443. The van der Waals surface area contributed by atoms with E-state index in [2.05, 4.69) is 35.9 Å². The van der Waals surface area contributed by atoms with E-state index < -0.39 is 0 Å². The predicted octanol–water partition coefficient (Wildman–Crippen LogP) is 5.73. The minimum atomic E-state index is 0.443. The molecule has 0 amide bonds. The first-order chi connectivity index (χ1) is 10.0. The van der Waals surface area contributed by atoms with Gasteiger partial charge in [-0.3, -0.25) is 0 Å². The number of hydrogen-bond acceptors (Lipinski definition) is 2. The third kappa shape index (κ3) is 2.87. The topological polar surface area (TPSA) is 25.8 Å². The van der Waals surface area contributed by atoms with Gasteiger partial charge in [0, 0.05) is 16.0 Å². The number of halogens is 2. The summed E-state index contributed by atoms with van der Waals surface area (Å²) in [5, 5.41) is 2.01. The Balaban J connectivity index is 2.18. The van der Waals surface area contributed by atoms with Gasteiger partial charge in [-0.25, -0.2) is 9.97 Å². The van der Waals surface area contributed by atoms with Crippen LogP contribution in [-0.4, -0.2) is 9.97 Å². The number of fused-ring (bicyclic) bond motifs is 1. The quantitative estimate of drug-likeness (QED) is 0.564. The molecule has 0 aliphatic rings. The molecule has 0 spiro atoms. The summed E-state index contributed by atoms with van der Waals surface area (Å²) in [6.07, 6.45) is 0. The van der Waals surface area contributed by atoms with Gasteiger partial charge >= 0.3 is 0 Å². The van der Waals surface area contributed by atoms with E-state index in [4.69, 9.17) is 23.2 Å². The zero-order valence-corrected chi connectivity index (χ0v) is 13.3. The molecule has 2 nitrogen and oxygen atoms in total. The van der Waals surface area contributed by atoms with Gasteiger partial charge in [0.25, 0.3) is 0 Å². The molecule has 3 rings (SSSR count). The Labute approximate surface area is 133 Å². The lowest BCUT2D eigenvalue weighted by atomic mass is 10.0. The molecule has 0 atom stereocenters. The molecule has 21 heavy (non-hydrogen) atoms. The molecular weight excluding hydrogens is 303 g/mol. The number of hydrogen-bond donors (Lipinski definition) is 0. The van der Waals surface area contributed by atoms with E-state index in [0.29, 0.717) is 21.9 Å². The molecule has 3 aromatic rings. The highest BCUT2D eigenvalue weighted by Crippen LogP contribution is 2.28. The smallest absolute Gasteiger partial charge is 0.161 e. The van der Waals surface area contributed by atoms with Crippen molar-refractivity contribution < 1.29 is 0 Å². The Bertz CT molecular complexity index is 813. The van der Waals surface area contributed by atoms with Crippen LogP contribution in [0, 0.1) is 0 Å². The van der Waals surface area contributed by atoms with Crippen molar-refractivity contribution in [2.24, 2.45) is 0 Å². The lowest BCUT2D eigenvalue weighted by Crippen LogP contribution is -1.94. The van der Waals surface area contributed by atoms with Crippen LogP contribution in [0.4, 0.5) is 0 Å². The summed E-state index contributed by atoms with van der Waals surface area (Å²) in [6, 6.07) is 13.6. The standard InChI is InChI=1S/C17H14Cl2N2/c1-10(2)11-6-7-15-14(9-11)16(19)21-17(20-15)12-4-3-5-13(18)8-12/h3-10H,1-2H3. The molecule has 0 aliphatic heterocycles. The summed E-state index contributed by atoms with van der Waals surface area (Å²) < 4.78 is 0. The normalized spacial score (nSPS) is 11.3. The second kappa shape index (κ2) is 5.63. The van der Waals surface area contributed by atoms with Gasteiger partial charge < -0.3 is 0 Å². The molecular formula is C17H14Cl2N2. The van der Waals surface area contributed by atoms with Gasteiger partial charge in [0.05, 0.1) is 5.52 Å². The van der Waals surface area contributed by atoms with Gasteiger partial charge in [-0.05, 0) is 35.7 Å². The van der Waals surface area contributed by atoms with Crippen LogP contribution < -0.4 is 0 Å². The summed E-state index contributed by atoms with van der Waals surface area (Å²) in [5.74, 6) is 1.03. The fourth-order valence-electron chi connectivity index (χ4n) is 2.22. The molecule has 0 saturated carbocycles. The molecule has 4 heteroatoms. The molecule has 0 radical (unpaired) electrons. The highest BCUT2D eigenvalue weighted by atomic mass is 35.5. The third-order valence-electron chi connectivity index (χ3n) is 3.42. The van der Waals surface area contributed by atoms with E-state index in [0.717, 1.165) is 16.5 Å². The van der Waals surface area contributed by atoms with Gasteiger partial charge in [-0.15, -0.1) is 0 Å². The molecule has 1 heterocycles. The van der Waals surface area contributed by atoms with Crippen molar-refractivity contribution in [3.63, 3.8) is 0 Å². The van der Waals surface area contributed by atoms with Crippen molar-refractivity contribution in [1.82, 2.24) is 9.97 Å². The largest absolute Gasteiger partial charge is 0.228 e. The second-order valence-electron chi connectivity index (χ2n) is 5.28. The molecule has 0 unspecified atom stereocenters. The molecule has 0 bridgehead atoms. The average molecular weight is 317 g/mol. The van der Waals surface area contributed by atoms with Crippen LogP contribution >= 0.6 is 23.2 Å². The van der Waals surface area contributed by atoms with Crippen molar-refractivity contribution in [1.29, 1.82) is 0 Å². The Morgan fingerprint density at radius 2 is 1.76 bits per heavy atom. The first-order valence-corrected chi connectivity index (χ1v) is 7.53. The lowest BCUT2D eigenvalue weighted by molar-refractivity contribution is 0.868. The molecule has 1 aromatic heterocycles. The van der Waals surface area contributed by atoms with E-state index in [1.54, 1.807) is 0 Å². The van der Waals surface area contributed by atoms with Crippen molar-refractivity contribution in [2.75, 3.05) is 0 Å². The molecule has 106 valence electrons. The highest BCUT2D eigenvalue weighted by molar-refractivity contribution is 6.34. The first-order valence-electron chi connectivity index (χ1n) is 6.78. The van der Waals surface area contributed by atoms with Crippen molar-refractivity contribution in [2.45, 2.75) is 19.8 Å². The van der Waals surface area contributed by atoms with Crippen LogP contribution in [0.3, 0.4) is 0 Å². The maximum Gasteiger partial charge on any atom is 0.161 e. The maximum absolute atomic E-state index is 6.34. The number of nitrogens with zero attached hydrogens (tertiary/aromatic N) is 2. The maximum atomic E-state index is 6.34. The fourth-order valence-corrected chi connectivity index (χ4v) is 2.65. The van der Waals surface area contributed by atoms with Crippen LogP contribution in [0.15, 0.2) is 42.5 Å². The third-order valence-corrected chi connectivity index (χ3v) is 3.95. The zero-order chi connectivity index (χ0) is 15.0. The minimum Gasteiger partial charge on any atom is -0.228 e. The van der Waals surface area contributed by atoms with Gasteiger partial charge in [0.15, 0.2) is 5.82 Å². The van der Waals surface area contributed by atoms with Crippen LogP contribution in [0.2, 0.25) is 10.2 Å². The van der Waals surface area contributed by atoms with Gasteiger partial charge in [-0.1, -0.05) is 55.2 Å². The van der Waals surface area contributed by atoms with Crippen molar-refractivity contribution >= 4 is 34.1 Å². The van der Waals surface area contributed by atoms with Crippen molar-refractivity contribution in [3.05, 3.63) is 58.2 Å². The monoisotopic (exact) mass is 316 g/mol.